The van der Waals surface area contributed by atoms with Crippen molar-refractivity contribution in [3.8, 4) is 11.8 Å². The third-order valence-corrected chi connectivity index (χ3v) is 4.50. The Kier molecular flexibility index (Phi) is 5.05. The summed E-state index contributed by atoms with van der Waals surface area (Å²) in [6.07, 6.45) is 3.54. The van der Waals surface area contributed by atoms with Gasteiger partial charge in [-0.1, -0.05) is 25.0 Å². The molecule has 1 amide bonds. The van der Waals surface area contributed by atoms with Gasteiger partial charge in [-0.3, -0.25) is 4.79 Å². The minimum absolute atomic E-state index is 0.0691. The zero-order valence-corrected chi connectivity index (χ0v) is 13.8. The van der Waals surface area contributed by atoms with Crippen molar-refractivity contribution in [3.05, 3.63) is 53.5 Å². The smallest absolute Gasteiger partial charge is 0.287 e. The fraction of sp³-hybridized carbons (Fsp3) is 0.368. The Morgan fingerprint density at radius 1 is 1.28 bits per heavy atom. The van der Waals surface area contributed by atoms with E-state index in [0.29, 0.717) is 17.1 Å². The number of nitrogens with zero attached hydrogens (tertiary/aromatic N) is 1. The van der Waals surface area contributed by atoms with Gasteiger partial charge in [-0.2, -0.15) is 5.26 Å². The van der Waals surface area contributed by atoms with Gasteiger partial charge in [0.2, 0.25) is 0 Å². The van der Waals surface area contributed by atoms with Gasteiger partial charge in [0.15, 0.2) is 5.76 Å². The van der Waals surface area contributed by atoms with Gasteiger partial charge >= 0.3 is 0 Å². The van der Waals surface area contributed by atoms with E-state index < -0.39 is 5.54 Å². The molecule has 1 aliphatic rings. The van der Waals surface area contributed by atoms with Crippen molar-refractivity contribution in [2.75, 3.05) is 6.61 Å². The van der Waals surface area contributed by atoms with Gasteiger partial charge in [0.1, 0.15) is 24.2 Å². The molecule has 25 heavy (non-hydrogen) atoms. The van der Waals surface area contributed by atoms with Crippen LogP contribution in [0.1, 0.15) is 47.6 Å². The van der Waals surface area contributed by atoms with E-state index in [1.165, 1.54) is 0 Å². The molecule has 130 valence electrons. The maximum atomic E-state index is 12.4. The van der Waals surface area contributed by atoms with Gasteiger partial charge in [0.05, 0.1) is 17.7 Å². The third kappa shape index (κ3) is 3.83. The molecule has 6 heteroatoms. The first-order chi connectivity index (χ1) is 12.2. The lowest BCUT2D eigenvalue weighted by molar-refractivity contribution is 0.0807. The normalized spacial score (nSPS) is 15.5. The summed E-state index contributed by atoms with van der Waals surface area (Å²) in [5.41, 5.74) is -0.0927. The highest BCUT2D eigenvalue weighted by atomic mass is 16.5. The van der Waals surface area contributed by atoms with Gasteiger partial charge in [-0.15, -0.1) is 0 Å². The lowest BCUT2D eigenvalue weighted by atomic mass is 9.99. The Hall–Kier alpha value is -2.78. The van der Waals surface area contributed by atoms with Crippen LogP contribution in [0.3, 0.4) is 0 Å². The zero-order chi connectivity index (χ0) is 17.7. The molecule has 0 radical (unpaired) electrons. The predicted molar refractivity (Wildman–Crippen MR) is 89.9 cm³/mol. The molecule has 1 aliphatic carbocycles. The second-order valence-electron chi connectivity index (χ2n) is 6.26. The number of nitrogens with one attached hydrogen (secondary N) is 1. The van der Waals surface area contributed by atoms with Crippen molar-refractivity contribution in [1.82, 2.24) is 5.32 Å². The quantitative estimate of drug-likeness (QED) is 0.843. The van der Waals surface area contributed by atoms with Crippen LogP contribution in [0.2, 0.25) is 0 Å². The van der Waals surface area contributed by atoms with Crippen LogP contribution in [-0.4, -0.2) is 23.2 Å². The monoisotopic (exact) mass is 340 g/mol. The molecule has 1 aromatic heterocycles. The molecule has 6 nitrogen and oxygen atoms in total. The summed E-state index contributed by atoms with van der Waals surface area (Å²) >= 11 is 0. The molecule has 1 saturated carbocycles. The summed E-state index contributed by atoms with van der Waals surface area (Å²) in [6, 6.07) is 12.3. The minimum Gasteiger partial charge on any atom is -0.484 e. The Labute approximate surface area is 146 Å². The molecule has 2 N–H and O–H groups in total. The molecule has 0 bridgehead atoms. The molecule has 0 aliphatic heterocycles. The highest BCUT2D eigenvalue weighted by Gasteiger charge is 2.35. The van der Waals surface area contributed by atoms with Crippen LogP contribution in [0.25, 0.3) is 0 Å². The van der Waals surface area contributed by atoms with E-state index in [9.17, 15) is 9.90 Å². The van der Waals surface area contributed by atoms with Crippen molar-refractivity contribution >= 4 is 5.91 Å². The first-order valence-electron chi connectivity index (χ1n) is 8.30. The number of aliphatic hydroxyl groups excluding tert-OH is 1. The minimum atomic E-state index is -0.535. The number of ether oxygens (including phenoxy) is 1. The lowest BCUT2D eigenvalue weighted by Crippen LogP contribution is -2.49. The van der Waals surface area contributed by atoms with Crippen LogP contribution in [0.5, 0.6) is 5.75 Å². The SMILES string of the molecule is N#Cc1ccccc1OCc1ccc(C(=O)NC2(CO)CCCC2)o1. The Bertz CT molecular complexity index is 785. The topological polar surface area (TPSA) is 95.5 Å². The number of nitriles is 1. The second kappa shape index (κ2) is 7.41. The third-order valence-electron chi connectivity index (χ3n) is 4.50. The molecule has 1 fully saturated rings. The Morgan fingerprint density at radius 3 is 2.76 bits per heavy atom. The number of carbonyl (C=O) groups excluding carboxylic acids is 1. The number of rotatable bonds is 6. The first kappa shape index (κ1) is 17.1. The fourth-order valence-corrected chi connectivity index (χ4v) is 3.09. The number of amides is 1. The number of carbonyl (C=O) groups is 1. The van der Waals surface area contributed by atoms with Gasteiger partial charge < -0.3 is 19.6 Å². The number of hydrogen-bond donors (Lipinski definition) is 2. The largest absolute Gasteiger partial charge is 0.484 e. The van der Waals surface area contributed by atoms with E-state index in [1.807, 2.05) is 0 Å². The van der Waals surface area contributed by atoms with Gasteiger partial charge in [0, 0.05) is 0 Å². The zero-order valence-electron chi connectivity index (χ0n) is 13.8. The van der Waals surface area contributed by atoms with E-state index in [1.54, 1.807) is 36.4 Å². The number of benzene rings is 1. The second-order valence-corrected chi connectivity index (χ2v) is 6.26. The highest BCUT2D eigenvalue weighted by Crippen LogP contribution is 2.29. The van der Waals surface area contributed by atoms with Crippen molar-refractivity contribution < 1.29 is 19.1 Å². The average Bonchev–Trinajstić information content (AvgIpc) is 3.30. The van der Waals surface area contributed by atoms with Crippen molar-refractivity contribution in [1.29, 1.82) is 5.26 Å². The molecule has 0 atom stereocenters. The summed E-state index contributed by atoms with van der Waals surface area (Å²) in [5, 5.41) is 21.5. The van der Waals surface area contributed by atoms with Gasteiger partial charge in [-0.05, 0) is 37.1 Å². The van der Waals surface area contributed by atoms with E-state index in [0.717, 1.165) is 25.7 Å². The van der Waals surface area contributed by atoms with Crippen LogP contribution in [-0.2, 0) is 6.61 Å². The highest BCUT2D eigenvalue weighted by molar-refractivity contribution is 5.92. The summed E-state index contributed by atoms with van der Waals surface area (Å²) < 4.78 is 11.1. The van der Waals surface area contributed by atoms with E-state index in [4.69, 9.17) is 14.4 Å². The first-order valence-corrected chi connectivity index (χ1v) is 8.30. The summed E-state index contributed by atoms with van der Waals surface area (Å²) in [7, 11) is 0. The van der Waals surface area contributed by atoms with Crippen molar-refractivity contribution in [3.63, 3.8) is 0 Å². The van der Waals surface area contributed by atoms with Gasteiger partial charge in [-0.25, -0.2) is 0 Å². The molecular formula is C19H20N2O4. The maximum absolute atomic E-state index is 12.4. The summed E-state index contributed by atoms with van der Waals surface area (Å²) in [5.74, 6) is 0.812. The van der Waals surface area contributed by atoms with Crippen LogP contribution in [0.15, 0.2) is 40.8 Å². The fourth-order valence-electron chi connectivity index (χ4n) is 3.09. The predicted octanol–water partition coefficient (Wildman–Crippen LogP) is 2.77. The molecule has 2 aromatic rings. The van der Waals surface area contributed by atoms with Crippen LogP contribution in [0.4, 0.5) is 0 Å². The van der Waals surface area contributed by atoms with Crippen molar-refractivity contribution in [2.24, 2.45) is 0 Å². The Balaban J connectivity index is 1.62. The molecule has 0 spiro atoms. The van der Waals surface area contributed by atoms with Crippen LogP contribution < -0.4 is 10.1 Å². The number of para-hydroxylation sites is 1. The molecule has 1 heterocycles. The van der Waals surface area contributed by atoms with Gasteiger partial charge in [0.25, 0.3) is 5.91 Å². The van der Waals surface area contributed by atoms with Crippen LogP contribution >= 0.6 is 0 Å². The van der Waals surface area contributed by atoms with E-state index >= 15 is 0 Å². The molecule has 0 unspecified atom stereocenters. The van der Waals surface area contributed by atoms with Crippen LogP contribution in [0, 0.1) is 11.3 Å². The molecule has 1 aromatic carbocycles. The molecule has 3 rings (SSSR count). The molecule has 0 saturated heterocycles. The van der Waals surface area contributed by atoms with E-state index in [-0.39, 0.29) is 24.9 Å². The number of furan rings is 1. The Morgan fingerprint density at radius 2 is 2.04 bits per heavy atom. The van der Waals surface area contributed by atoms with Crippen molar-refractivity contribution in [2.45, 2.75) is 37.8 Å². The average molecular weight is 340 g/mol. The number of hydrogen-bond acceptors (Lipinski definition) is 5. The lowest BCUT2D eigenvalue weighted by Gasteiger charge is -2.27. The summed E-state index contributed by atoms with van der Waals surface area (Å²) in [4.78, 5) is 12.4. The standard InChI is InChI=1S/C19H20N2O4/c20-11-14-5-1-2-6-16(14)24-12-15-7-8-17(25-15)18(23)21-19(13-22)9-3-4-10-19/h1-2,5-8,22H,3-4,9-10,12-13H2,(H,21,23). The summed E-state index contributed by atoms with van der Waals surface area (Å²) in [6.45, 7) is 0.0531. The van der Waals surface area contributed by atoms with E-state index in [2.05, 4.69) is 11.4 Å². The maximum Gasteiger partial charge on any atom is 0.287 e. The molecular weight excluding hydrogens is 320 g/mol. The number of aliphatic hydroxyl groups is 1.